The summed E-state index contributed by atoms with van der Waals surface area (Å²) in [6.45, 7) is 2.63. The van der Waals surface area contributed by atoms with Crippen molar-refractivity contribution in [3.05, 3.63) is 30.1 Å². The third-order valence-corrected chi connectivity index (χ3v) is 2.01. The van der Waals surface area contributed by atoms with Gasteiger partial charge in [-0.15, -0.1) is 0 Å². The van der Waals surface area contributed by atoms with E-state index in [1.165, 1.54) is 0 Å². The Morgan fingerprint density at radius 3 is 3.07 bits per heavy atom. The first-order chi connectivity index (χ1) is 6.70. The molecular formula is C10H15N3O. The summed E-state index contributed by atoms with van der Waals surface area (Å²) < 4.78 is 0. The van der Waals surface area contributed by atoms with Crippen LogP contribution in [0.5, 0.6) is 0 Å². The van der Waals surface area contributed by atoms with Gasteiger partial charge in [-0.3, -0.25) is 9.78 Å². The molecule has 0 aliphatic carbocycles. The Bertz CT molecular complexity index is 287. The van der Waals surface area contributed by atoms with Gasteiger partial charge in [-0.25, -0.2) is 0 Å². The number of hydrogen-bond donors (Lipinski definition) is 2. The number of rotatable bonds is 5. The summed E-state index contributed by atoms with van der Waals surface area (Å²) >= 11 is 0. The molecule has 1 rings (SSSR count). The lowest BCUT2D eigenvalue weighted by Gasteiger charge is -2.12. The number of carbonyl (C=O) groups is 1. The molecule has 0 fully saturated rings. The predicted octanol–water partition coefficient (Wildman–Crippen LogP) is 0.608. The van der Waals surface area contributed by atoms with Crippen molar-refractivity contribution in [2.24, 2.45) is 5.73 Å². The van der Waals surface area contributed by atoms with Crippen molar-refractivity contribution in [2.45, 2.75) is 19.4 Å². The third-order valence-electron chi connectivity index (χ3n) is 2.01. The van der Waals surface area contributed by atoms with Crippen molar-refractivity contribution in [3.8, 4) is 0 Å². The van der Waals surface area contributed by atoms with Crippen LogP contribution in [0.2, 0.25) is 0 Å². The fourth-order valence-corrected chi connectivity index (χ4v) is 1.16. The van der Waals surface area contributed by atoms with Crippen LogP contribution in [0.1, 0.15) is 24.9 Å². The van der Waals surface area contributed by atoms with Gasteiger partial charge in [-0.2, -0.15) is 0 Å². The molecule has 0 aliphatic rings. The number of primary amides is 1. The largest absolute Gasteiger partial charge is 0.370 e. The van der Waals surface area contributed by atoms with E-state index in [0.29, 0.717) is 13.0 Å². The highest BCUT2D eigenvalue weighted by molar-refractivity contribution is 5.73. The zero-order chi connectivity index (χ0) is 10.4. The van der Waals surface area contributed by atoms with Crippen LogP contribution in [0.3, 0.4) is 0 Å². The standard InChI is InChI=1S/C10H15N3O/c1-8(13-6-4-10(11)14)9-3-2-5-12-7-9/h2-3,5,7-8,13H,4,6H2,1H3,(H2,11,14)/t8-/m0/s1. The monoisotopic (exact) mass is 193 g/mol. The summed E-state index contributed by atoms with van der Waals surface area (Å²) in [6.07, 6.45) is 3.91. The molecule has 0 bridgehead atoms. The minimum atomic E-state index is -0.282. The molecule has 0 aromatic carbocycles. The van der Waals surface area contributed by atoms with Gasteiger partial charge >= 0.3 is 0 Å². The van der Waals surface area contributed by atoms with E-state index in [-0.39, 0.29) is 11.9 Å². The van der Waals surface area contributed by atoms with E-state index < -0.39 is 0 Å². The number of nitrogens with two attached hydrogens (primary N) is 1. The third kappa shape index (κ3) is 3.53. The van der Waals surface area contributed by atoms with Crippen molar-refractivity contribution in [1.29, 1.82) is 0 Å². The van der Waals surface area contributed by atoms with Crippen molar-refractivity contribution in [1.82, 2.24) is 10.3 Å². The Balaban J connectivity index is 2.36. The maximum atomic E-state index is 10.5. The second-order valence-corrected chi connectivity index (χ2v) is 3.18. The molecule has 76 valence electrons. The molecule has 0 unspecified atom stereocenters. The number of amides is 1. The molecule has 0 spiro atoms. The van der Waals surface area contributed by atoms with Crippen LogP contribution in [0, 0.1) is 0 Å². The lowest BCUT2D eigenvalue weighted by molar-refractivity contribution is -0.117. The molecule has 14 heavy (non-hydrogen) atoms. The van der Waals surface area contributed by atoms with Crippen molar-refractivity contribution >= 4 is 5.91 Å². The van der Waals surface area contributed by atoms with E-state index in [4.69, 9.17) is 5.73 Å². The van der Waals surface area contributed by atoms with Gasteiger partial charge in [0.25, 0.3) is 0 Å². The van der Waals surface area contributed by atoms with Crippen LogP contribution in [-0.2, 0) is 4.79 Å². The highest BCUT2D eigenvalue weighted by Gasteiger charge is 2.03. The molecule has 1 aromatic rings. The van der Waals surface area contributed by atoms with Gasteiger partial charge in [0.2, 0.25) is 5.91 Å². The normalized spacial score (nSPS) is 12.4. The molecule has 1 aromatic heterocycles. The average Bonchev–Trinajstić information content (AvgIpc) is 2.18. The Morgan fingerprint density at radius 2 is 2.50 bits per heavy atom. The highest BCUT2D eigenvalue weighted by atomic mass is 16.1. The van der Waals surface area contributed by atoms with E-state index >= 15 is 0 Å². The molecule has 4 nitrogen and oxygen atoms in total. The molecule has 0 radical (unpaired) electrons. The maximum Gasteiger partial charge on any atom is 0.218 e. The summed E-state index contributed by atoms with van der Waals surface area (Å²) in [6, 6.07) is 4.08. The molecule has 1 heterocycles. The molecule has 0 saturated heterocycles. The number of hydrogen-bond acceptors (Lipinski definition) is 3. The zero-order valence-corrected chi connectivity index (χ0v) is 8.23. The van der Waals surface area contributed by atoms with Crippen molar-refractivity contribution in [2.75, 3.05) is 6.54 Å². The minimum absolute atomic E-state index is 0.197. The number of nitrogens with zero attached hydrogens (tertiary/aromatic N) is 1. The van der Waals surface area contributed by atoms with E-state index in [1.807, 2.05) is 25.3 Å². The fraction of sp³-hybridized carbons (Fsp3) is 0.400. The summed E-state index contributed by atoms with van der Waals surface area (Å²) in [4.78, 5) is 14.5. The molecule has 3 N–H and O–H groups in total. The number of nitrogens with one attached hydrogen (secondary N) is 1. The predicted molar refractivity (Wildman–Crippen MR) is 54.5 cm³/mol. The van der Waals surface area contributed by atoms with Crippen LogP contribution in [0.25, 0.3) is 0 Å². The van der Waals surface area contributed by atoms with Crippen LogP contribution in [0.15, 0.2) is 24.5 Å². The van der Waals surface area contributed by atoms with E-state index in [1.54, 1.807) is 6.20 Å². The topological polar surface area (TPSA) is 68.0 Å². The van der Waals surface area contributed by atoms with Crippen LogP contribution >= 0.6 is 0 Å². The van der Waals surface area contributed by atoms with E-state index in [0.717, 1.165) is 5.56 Å². The first-order valence-corrected chi connectivity index (χ1v) is 4.62. The smallest absolute Gasteiger partial charge is 0.218 e. The van der Waals surface area contributed by atoms with Gasteiger partial charge in [0.1, 0.15) is 0 Å². The van der Waals surface area contributed by atoms with Gasteiger partial charge in [0.05, 0.1) is 0 Å². The Labute approximate surface area is 83.5 Å². The number of aromatic nitrogens is 1. The van der Waals surface area contributed by atoms with Gasteiger partial charge in [0.15, 0.2) is 0 Å². The quantitative estimate of drug-likeness (QED) is 0.719. The first kappa shape index (κ1) is 10.7. The second kappa shape index (κ2) is 5.34. The molecule has 1 amide bonds. The fourth-order valence-electron chi connectivity index (χ4n) is 1.16. The second-order valence-electron chi connectivity index (χ2n) is 3.18. The molecule has 4 heteroatoms. The van der Waals surface area contributed by atoms with E-state index in [9.17, 15) is 4.79 Å². The lowest BCUT2D eigenvalue weighted by Crippen LogP contribution is -2.24. The number of pyridine rings is 1. The Morgan fingerprint density at radius 1 is 1.71 bits per heavy atom. The summed E-state index contributed by atoms with van der Waals surface area (Å²) in [5.74, 6) is -0.282. The van der Waals surface area contributed by atoms with Crippen molar-refractivity contribution < 1.29 is 4.79 Å². The van der Waals surface area contributed by atoms with Crippen LogP contribution in [0.4, 0.5) is 0 Å². The first-order valence-electron chi connectivity index (χ1n) is 4.62. The van der Waals surface area contributed by atoms with Gasteiger partial charge < -0.3 is 11.1 Å². The molecule has 1 atom stereocenters. The Kier molecular flexibility index (Phi) is 4.07. The van der Waals surface area contributed by atoms with Gasteiger partial charge in [-0.05, 0) is 18.6 Å². The summed E-state index contributed by atoms with van der Waals surface area (Å²) in [5.41, 5.74) is 6.13. The average molecular weight is 193 g/mol. The SMILES string of the molecule is C[C@H](NCCC(N)=O)c1cccnc1. The molecular weight excluding hydrogens is 178 g/mol. The lowest BCUT2D eigenvalue weighted by atomic mass is 10.1. The maximum absolute atomic E-state index is 10.5. The highest BCUT2D eigenvalue weighted by Crippen LogP contribution is 2.08. The summed E-state index contributed by atoms with van der Waals surface area (Å²) in [7, 11) is 0. The summed E-state index contributed by atoms with van der Waals surface area (Å²) in [5, 5.41) is 3.19. The zero-order valence-electron chi connectivity index (χ0n) is 8.23. The van der Waals surface area contributed by atoms with Crippen molar-refractivity contribution in [3.63, 3.8) is 0 Å². The van der Waals surface area contributed by atoms with E-state index in [2.05, 4.69) is 10.3 Å². The molecule has 0 saturated carbocycles. The van der Waals surface area contributed by atoms with Gasteiger partial charge in [-0.1, -0.05) is 6.07 Å². The van der Waals surface area contributed by atoms with Crippen LogP contribution < -0.4 is 11.1 Å². The molecule has 0 aliphatic heterocycles. The van der Waals surface area contributed by atoms with Gasteiger partial charge in [0, 0.05) is 31.4 Å². The minimum Gasteiger partial charge on any atom is -0.370 e. The number of carbonyl (C=O) groups excluding carboxylic acids is 1. The Hall–Kier alpha value is -1.42. The van der Waals surface area contributed by atoms with Crippen LogP contribution in [-0.4, -0.2) is 17.4 Å².